The molecule has 0 aromatic heterocycles. The van der Waals surface area contributed by atoms with E-state index < -0.39 is 0 Å². The number of nitrogens with one attached hydrogen (secondary N) is 1. The molecular formula is C13H14Br3N3O. The molecule has 7 heteroatoms. The number of aliphatic imine (C=N–C) groups is 1. The molecule has 0 spiro atoms. The Morgan fingerprint density at radius 3 is 2.45 bits per heavy atom. The van der Waals surface area contributed by atoms with E-state index >= 15 is 0 Å². The molecular weight excluding hydrogens is 454 g/mol. The molecule has 20 heavy (non-hydrogen) atoms. The third-order valence-electron chi connectivity index (χ3n) is 3.32. The molecule has 1 N–H and O–H groups in total. The van der Waals surface area contributed by atoms with E-state index in [9.17, 15) is 4.79 Å². The quantitative estimate of drug-likeness (QED) is 0.630. The van der Waals surface area contributed by atoms with Crippen LogP contribution in [0.5, 0.6) is 0 Å². The molecule has 1 atom stereocenters. The summed E-state index contributed by atoms with van der Waals surface area (Å²) >= 11 is 10.2. The Hall–Kier alpha value is -0.400. The van der Waals surface area contributed by atoms with Crippen LogP contribution in [-0.4, -0.2) is 29.9 Å². The van der Waals surface area contributed by atoms with E-state index in [1.807, 2.05) is 24.1 Å². The number of amidine groups is 1. The van der Waals surface area contributed by atoms with Crippen LogP contribution < -0.4 is 5.32 Å². The second kappa shape index (κ2) is 6.58. The van der Waals surface area contributed by atoms with Crippen LogP contribution in [-0.2, 0) is 0 Å². The fraction of sp³-hybridized carbons (Fsp3) is 0.385. The molecule has 1 unspecified atom stereocenters. The van der Waals surface area contributed by atoms with Crippen molar-refractivity contribution in [2.24, 2.45) is 4.99 Å². The Labute approximate surface area is 143 Å². The monoisotopic (exact) mass is 465 g/mol. The fourth-order valence-electron chi connectivity index (χ4n) is 2.01. The summed E-state index contributed by atoms with van der Waals surface area (Å²) in [6.07, 6.45) is 1.88. The molecule has 1 saturated heterocycles. The molecule has 0 aliphatic carbocycles. The molecule has 1 aromatic rings. The van der Waals surface area contributed by atoms with Crippen LogP contribution in [0.3, 0.4) is 0 Å². The lowest BCUT2D eigenvalue weighted by Gasteiger charge is -2.17. The molecule has 1 aliphatic rings. The zero-order chi connectivity index (χ0) is 14.9. The molecule has 108 valence electrons. The number of benzene rings is 1. The zero-order valence-corrected chi connectivity index (χ0v) is 15.8. The Bertz CT molecular complexity index is 551. The first kappa shape index (κ1) is 16.0. The normalized spacial score (nSPS) is 20.6. The first-order valence-corrected chi connectivity index (χ1v) is 8.52. The highest BCUT2D eigenvalue weighted by Crippen LogP contribution is 2.34. The predicted octanol–water partition coefficient (Wildman–Crippen LogP) is 5.02. The number of halogens is 3. The van der Waals surface area contributed by atoms with E-state index in [2.05, 4.69) is 65.0 Å². The number of hydrogen-bond acceptors (Lipinski definition) is 1. The molecule has 0 radical (unpaired) electrons. The van der Waals surface area contributed by atoms with Crippen molar-refractivity contribution in [3.8, 4) is 0 Å². The first-order valence-electron chi connectivity index (χ1n) is 6.14. The Morgan fingerprint density at radius 2 is 1.95 bits per heavy atom. The standard InChI is InChI=1S/C13H14Br3N3O/c1-7-3-4-11(19(7)2)17-13(20)18-12-9(15)5-8(14)6-10(12)16/h5-7H,3-4H2,1-2H3,(H,18,20). The van der Waals surface area contributed by atoms with Gasteiger partial charge in [-0.3, -0.25) is 0 Å². The lowest BCUT2D eigenvalue weighted by Crippen LogP contribution is -2.27. The van der Waals surface area contributed by atoms with Crippen LogP contribution >= 0.6 is 47.8 Å². The minimum absolute atomic E-state index is 0.357. The molecule has 1 fully saturated rings. The largest absolute Gasteiger partial charge is 0.360 e. The van der Waals surface area contributed by atoms with Crippen LogP contribution in [0.2, 0.25) is 0 Å². The number of carbonyl (C=O) groups excluding carboxylic acids is 1. The summed E-state index contributed by atoms with van der Waals surface area (Å²) in [7, 11) is 1.97. The summed E-state index contributed by atoms with van der Waals surface area (Å²) in [5.41, 5.74) is 0.677. The lowest BCUT2D eigenvalue weighted by atomic mass is 10.2. The van der Waals surface area contributed by atoms with E-state index in [1.165, 1.54) is 0 Å². The summed E-state index contributed by atoms with van der Waals surface area (Å²) < 4.78 is 2.51. The van der Waals surface area contributed by atoms with E-state index in [-0.39, 0.29) is 6.03 Å². The maximum atomic E-state index is 12.0. The minimum atomic E-state index is -0.357. The Morgan fingerprint density at radius 1 is 1.35 bits per heavy atom. The van der Waals surface area contributed by atoms with Gasteiger partial charge in [0, 0.05) is 32.9 Å². The van der Waals surface area contributed by atoms with Crippen molar-refractivity contribution in [3.05, 3.63) is 25.6 Å². The molecule has 4 nitrogen and oxygen atoms in total. The van der Waals surface area contributed by atoms with E-state index in [1.54, 1.807) is 0 Å². The number of urea groups is 1. The van der Waals surface area contributed by atoms with Gasteiger partial charge in [-0.15, -0.1) is 0 Å². The highest BCUT2D eigenvalue weighted by Gasteiger charge is 2.23. The van der Waals surface area contributed by atoms with Gasteiger partial charge in [0.25, 0.3) is 0 Å². The first-order chi connectivity index (χ1) is 9.38. The molecule has 0 bridgehead atoms. The molecule has 2 amide bonds. The maximum Gasteiger partial charge on any atom is 0.347 e. The lowest BCUT2D eigenvalue weighted by molar-refractivity contribution is 0.259. The maximum absolute atomic E-state index is 12.0. The zero-order valence-electron chi connectivity index (χ0n) is 11.1. The molecule has 1 heterocycles. The Balaban J connectivity index is 2.15. The van der Waals surface area contributed by atoms with Crippen LogP contribution in [0, 0.1) is 0 Å². The number of carbonyl (C=O) groups is 1. The van der Waals surface area contributed by atoms with Crippen LogP contribution in [0.25, 0.3) is 0 Å². The molecule has 2 rings (SSSR count). The topological polar surface area (TPSA) is 44.7 Å². The van der Waals surface area contributed by atoms with E-state index in [0.717, 1.165) is 32.1 Å². The summed E-state index contributed by atoms with van der Waals surface area (Å²) in [5.74, 6) is 0.833. The SMILES string of the molecule is CC1CCC(=NC(=O)Nc2c(Br)cc(Br)cc2Br)N1C. The highest BCUT2D eigenvalue weighted by molar-refractivity contribution is 9.11. The molecule has 1 aliphatic heterocycles. The average molecular weight is 468 g/mol. The fourth-order valence-corrected chi connectivity index (χ4v) is 4.47. The summed E-state index contributed by atoms with van der Waals surface area (Å²) in [4.78, 5) is 18.2. The Kier molecular flexibility index (Phi) is 5.25. The van der Waals surface area contributed by atoms with Gasteiger partial charge in [0.2, 0.25) is 0 Å². The van der Waals surface area contributed by atoms with Gasteiger partial charge in [0.15, 0.2) is 0 Å². The molecule has 1 aromatic carbocycles. The smallest absolute Gasteiger partial charge is 0.347 e. The van der Waals surface area contributed by atoms with Crippen molar-refractivity contribution in [2.75, 3.05) is 12.4 Å². The van der Waals surface area contributed by atoms with E-state index in [4.69, 9.17) is 0 Å². The number of anilines is 1. The summed E-state index contributed by atoms with van der Waals surface area (Å²) in [6.45, 7) is 2.13. The van der Waals surface area contributed by atoms with Gasteiger partial charge in [-0.05, 0) is 57.3 Å². The number of hydrogen-bond donors (Lipinski definition) is 1. The second-order valence-electron chi connectivity index (χ2n) is 4.70. The molecule has 0 saturated carbocycles. The van der Waals surface area contributed by atoms with Gasteiger partial charge in [-0.2, -0.15) is 4.99 Å². The summed E-state index contributed by atoms with van der Waals surface area (Å²) in [5, 5.41) is 2.80. The highest BCUT2D eigenvalue weighted by atomic mass is 79.9. The van der Waals surface area contributed by atoms with Crippen LogP contribution in [0.4, 0.5) is 10.5 Å². The van der Waals surface area contributed by atoms with Gasteiger partial charge in [-0.1, -0.05) is 15.9 Å². The number of nitrogens with zero attached hydrogens (tertiary/aromatic N) is 2. The van der Waals surface area contributed by atoms with Crippen molar-refractivity contribution in [2.45, 2.75) is 25.8 Å². The van der Waals surface area contributed by atoms with Gasteiger partial charge < -0.3 is 10.2 Å². The number of amides is 2. The second-order valence-corrected chi connectivity index (χ2v) is 7.33. The van der Waals surface area contributed by atoms with Crippen molar-refractivity contribution in [1.29, 1.82) is 0 Å². The number of rotatable bonds is 1. The van der Waals surface area contributed by atoms with Crippen molar-refractivity contribution >= 4 is 65.3 Å². The van der Waals surface area contributed by atoms with E-state index in [0.29, 0.717) is 11.7 Å². The summed E-state index contributed by atoms with van der Waals surface area (Å²) in [6, 6.07) is 3.83. The minimum Gasteiger partial charge on any atom is -0.360 e. The third-order valence-corrected chi connectivity index (χ3v) is 5.03. The van der Waals surface area contributed by atoms with Gasteiger partial charge in [0.1, 0.15) is 5.84 Å². The van der Waals surface area contributed by atoms with Crippen LogP contribution in [0.1, 0.15) is 19.8 Å². The van der Waals surface area contributed by atoms with Crippen LogP contribution in [0.15, 0.2) is 30.5 Å². The predicted molar refractivity (Wildman–Crippen MR) is 92.5 cm³/mol. The van der Waals surface area contributed by atoms with Gasteiger partial charge >= 0.3 is 6.03 Å². The van der Waals surface area contributed by atoms with Crippen molar-refractivity contribution in [3.63, 3.8) is 0 Å². The average Bonchev–Trinajstić information content (AvgIpc) is 2.66. The number of likely N-dealkylation sites (tertiary alicyclic amines) is 1. The third kappa shape index (κ3) is 3.62. The van der Waals surface area contributed by atoms with Gasteiger partial charge in [-0.25, -0.2) is 4.79 Å². The van der Waals surface area contributed by atoms with Crippen molar-refractivity contribution < 1.29 is 4.79 Å². The van der Waals surface area contributed by atoms with Gasteiger partial charge in [0.05, 0.1) is 5.69 Å². The van der Waals surface area contributed by atoms with Crippen molar-refractivity contribution in [1.82, 2.24) is 4.90 Å².